The van der Waals surface area contributed by atoms with Crippen LogP contribution in [0.1, 0.15) is 85.4 Å². The Bertz CT molecular complexity index is 1830. The van der Waals surface area contributed by atoms with E-state index in [4.69, 9.17) is 0 Å². The number of hydrogen-bond acceptors (Lipinski definition) is 5. The maximum atomic E-state index is 13.4. The summed E-state index contributed by atoms with van der Waals surface area (Å²) in [6.07, 6.45) is 3.25. The molecule has 2 aromatic carbocycles. The van der Waals surface area contributed by atoms with E-state index in [1.165, 1.54) is 16.8 Å². The van der Waals surface area contributed by atoms with Gasteiger partial charge < -0.3 is 5.11 Å². The van der Waals surface area contributed by atoms with Crippen molar-refractivity contribution in [2.45, 2.75) is 85.7 Å². The van der Waals surface area contributed by atoms with Gasteiger partial charge in [0, 0.05) is 54.6 Å². The van der Waals surface area contributed by atoms with Crippen LogP contribution in [0.4, 0.5) is 13.2 Å². The van der Waals surface area contributed by atoms with Crippen LogP contribution in [0.2, 0.25) is 0 Å². The van der Waals surface area contributed by atoms with Crippen LogP contribution in [-0.4, -0.2) is 25.3 Å². The van der Waals surface area contributed by atoms with E-state index in [0.717, 1.165) is 58.9 Å². The van der Waals surface area contributed by atoms with Crippen LogP contribution < -0.4 is 0 Å². The fourth-order valence-corrected chi connectivity index (χ4v) is 6.81. The van der Waals surface area contributed by atoms with Gasteiger partial charge >= 0.3 is 6.18 Å². The number of alkyl halides is 3. The molecule has 1 radical (unpaired) electrons. The summed E-state index contributed by atoms with van der Waals surface area (Å²) in [7, 11) is 0. The van der Waals surface area contributed by atoms with E-state index < -0.39 is 11.9 Å². The van der Waals surface area contributed by atoms with E-state index >= 15 is 0 Å². The molecule has 0 amide bonds. The number of nitrogens with zero attached hydrogens (tertiary/aromatic N) is 3. The summed E-state index contributed by atoms with van der Waals surface area (Å²) >= 11 is 1.06. The van der Waals surface area contributed by atoms with Crippen LogP contribution >= 0.6 is 11.3 Å². The van der Waals surface area contributed by atoms with Crippen molar-refractivity contribution < 1.29 is 43.2 Å². The summed E-state index contributed by atoms with van der Waals surface area (Å²) in [6.45, 7) is 14.5. The van der Waals surface area contributed by atoms with Crippen molar-refractivity contribution in [3.05, 3.63) is 78.1 Å². The van der Waals surface area contributed by atoms with Crippen molar-refractivity contribution in [1.29, 1.82) is 0 Å². The number of ketones is 1. The topological polar surface area (TPSA) is 67.5 Å². The Morgan fingerprint density at radius 1 is 1.00 bits per heavy atom. The molecule has 249 valence electrons. The van der Waals surface area contributed by atoms with Gasteiger partial charge in [-0.15, -0.1) is 40.5 Å². The number of pyridine rings is 1. The number of halogens is 3. The molecule has 0 atom stereocenters. The molecule has 0 saturated carbocycles. The Balaban J connectivity index is 0.000000309. The maximum absolute atomic E-state index is 13.4. The zero-order valence-electron chi connectivity index (χ0n) is 27.3. The van der Waals surface area contributed by atoms with Crippen LogP contribution in [0.5, 0.6) is 0 Å². The number of carbonyl (C=O) groups is 1. The van der Waals surface area contributed by atoms with Gasteiger partial charge in [0.05, 0.1) is 11.3 Å². The molecule has 3 heterocycles. The fourth-order valence-electron chi connectivity index (χ4n) is 5.58. The van der Waals surface area contributed by atoms with Crippen LogP contribution in [0.3, 0.4) is 0 Å². The smallest absolute Gasteiger partial charge is 0.436 e. The molecule has 0 aliphatic carbocycles. The molecule has 1 N–H and O–H groups in total. The number of rotatable bonds is 8. The van der Waals surface area contributed by atoms with Gasteiger partial charge in [-0.25, -0.2) is 4.98 Å². The van der Waals surface area contributed by atoms with Gasteiger partial charge in [0.25, 0.3) is 0 Å². The van der Waals surface area contributed by atoms with Gasteiger partial charge in [0.15, 0.2) is 11.5 Å². The van der Waals surface area contributed by atoms with Crippen molar-refractivity contribution in [2.24, 2.45) is 11.8 Å². The first kappa shape index (κ1) is 37.4. The Morgan fingerprint density at radius 2 is 1.63 bits per heavy atom. The third-order valence-corrected chi connectivity index (χ3v) is 9.44. The number of aromatic nitrogens is 3. The molecule has 0 fully saturated rings. The summed E-state index contributed by atoms with van der Waals surface area (Å²) in [5.41, 5.74) is 2.22. The van der Waals surface area contributed by atoms with Gasteiger partial charge in [-0.2, -0.15) is 13.2 Å². The largest absolute Gasteiger partial charge is 0.512 e. The number of aliphatic hydroxyl groups is 1. The summed E-state index contributed by atoms with van der Waals surface area (Å²) in [5, 5.41) is 11.8. The number of fused-ring (bicyclic) bond motifs is 4. The minimum atomic E-state index is -4.50. The number of aliphatic hydroxyl groups excluding tert-OH is 1. The molecule has 0 unspecified atom stereocenters. The zero-order valence-corrected chi connectivity index (χ0v) is 30.5. The minimum Gasteiger partial charge on any atom is -0.512 e. The molecule has 0 saturated heterocycles. The molecule has 5 nitrogen and oxygen atoms in total. The predicted molar refractivity (Wildman–Crippen MR) is 178 cm³/mol. The molecule has 3 aromatic heterocycles. The normalized spacial score (nSPS) is 12.6. The monoisotopic (exact) mass is 829 g/mol. The van der Waals surface area contributed by atoms with E-state index in [0.29, 0.717) is 15.9 Å². The molecule has 46 heavy (non-hydrogen) atoms. The molecule has 0 spiro atoms. The van der Waals surface area contributed by atoms with E-state index in [1.807, 2.05) is 45.9 Å². The molecule has 5 rings (SSSR count). The van der Waals surface area contributed by atoms with Crippen molar-refractivity contribution in [3.8, 4) is 11.3 Å². The second-order valence-corrected chi connectivity index (χ2v) is 13.3. The van der Waals surface area contributed by atoms with Gasteiger partial charge in [0.1, 0.15) is 11.2 Å². The summed E-state index contributed by atoms with van der Waals surface area (Å²) in [5.74, 6) is 0.547. The third-order valence-electron chi connectivity index (χ3n) is 8.25. The van der Waals surface area contributed by atoms with Crippen LogP contribution in [0.15, 0.2) is 60.8 Å². The Hall–Kier alpha value is -3.07. The molecule has 0 aliphatic heterocycles. The van der Waals surface area contributed by atoms with E-state index in [2.05, 4.69) is 48.9 Å². The van der Waals surface area contributed by atoms with Crippen molar-refractivity contribution in [1.82, 2.24) is 14.4 Å². The van der Waals surface area contributed by atoms with Crippen LogP contribution in [0.25, 0.3) is 37.1 Å². The van der Waals surface area contributed by atoms with Gasteiger partial charge in [-0.05, 0) is 37.2 Å². The van der Waals surface area contributed by atoms with E-state index in [1.54, 1.807) is 12.3 Å². The van der Waals surface area contributed by atoms with E-state index in [-0.39, 0.29) is 53.7 Å². The third kappa shape index (κ3) is 7.89. The molecule has 10 heteroatoms. The quantitative estimate of drug-likeness (QED) is 0.0961. The van der Waals surface area contributed by atoms with Crippen LogP contribution in [0, 0.1) is 17.9 Å². The number of carbonyl (C=O) groups excluding carboxylic acids is 1. The zero-order chi connectivity index (χ0) is 33.1. The van der Waals surface area contributed by atoms with Crippen molar-refractivity contribution >= 4 is 42.9 Å². The fraction of sp³-hybridized carbons (Fsp3) is 0.417. The van der Waals surface area contributed by atoms with Gasteiger partial charge in [-0.1, -0.05) is 77.6 Å². The van der Waals surface area contributed by atoms with Gasteiger partial charge in [-0.3, -0.25) is 14.2 Å². The van der Waals surface area contributed by atoms with Crippen molar-refractivity contribution in [3.63, 3.8) is 0 Å². The summed E-state index contributed by atoms with van der Waals surface area (Å²) in [4.78, 5) is 19.9. The second kappa shape index (κ2) is 15.2. The average molecular weight is 829 g/mol. The number of allylic oxidation sites excluding steroid dienone is 2. The Morgan fingerprint density at radius 3 is 2.22 bits per heavy atom. The summed E-state index contributed by atoms with van der Waals surface area (Å²) in [6, 6.07) is 15.2. The minimum absolute atomic E-state index is 0. The maximum Gasteiger partial charge on any atom is 0.436 e. The predicted octanol–water partition coefficient (Wildman–Crippen LogP) is 10.7. The Labute approximate surface area is 286 Å². The average Bonchev–Trinajstić information content (AvgIpc) is 3.57. The first-order valence-electron chi connectivity index (χ1n) is 15.5. The molecule has 0 bridgehead atoms. The number of benzene rings is 2. The molecular weight excluding hydrogens is 788 g/mol. The first-order valence-corrected chi connectivity index (χ1v) is 16.3. The summed E-state index contributed by atoms with van der Waals surface area (Å²) < 4.78 is 42.3. The SMILES string of the molecule is CC(C)(C)c1cc(-c2nccc3c2sc2c(C(F)(F)F)ncn23)[c-]c2ccccc12.CCC(CC)C(=O)/C=C(\O)C(CC)CC.[Ir]. The number of thiazole rings is 1. The number of hydrogen-bond donors (Lipinski definition) is 1. The van der Waals surface area contributed by atoms with Crippen molar-refractivity contribution in [2.75, 3.05) is 0 Å². The molecule has 0 aliphatic rings. The number of imidazole rings is 1. The van der Waals surface area contributed by atoms with Gasteiger partial charge in [0.2, 0.25) is 0 Å². The first-order chi connectivity index (χ1) is 21.2. The molecule has 5 aromatic rings. The van der Waals surface area contributed by atoms with E-state index in [9.17, 15) is 23.1 Å². The molecular formula is C36H41F3IrN3O2S-. The Kier molecular flexibility index (Phi) is 12.4. The standard InChI is InChI=1S/C23H17F3N3S.C13H24O2.Ir/c1-22(2,3)16-11-14(10-13-6-4-5-7-15(13)16)18-19-17(8-9-27-18)29-12-28-20(21(29)30-19)23(24,25)26;1-5-10(6-2)12(14)9-13(15)11(7-3)8-4;/h4-9,11-12H,1-3H3;9-11,14H,5-8H2,1-4H3;/q-1;;/b;12-9-;. The van der Waals surface area contributed by atoms with Crippen LogP contribution in [-0.2, 0) is 36.5 Å². The second-order valence-electron chi connectivity index (χ2n) is 12.3.